The Kier molecular flexibility index (Phi) is 3.51. The molecule has 1 aromatic heterocycles. The third kappa shape index (κ3) is 2.20. The van der Waals surface area contributed by atoms with E-state index in [1.165, 1.54) is 24.4 Å². The molecule has 1 fully saturated rings. The number of hydrogen-bond donors (Lipinski definition) is 1. The van der Waals surface area contributed by atoms with Crippen LogP contribution in [0.2, 0.25) is 0 Å². The van der Waals surface area contributed by atoms with E-state index in [9.17, 15) is 27.2 Å². The van der Waals surface area contributed by atoms with Crippen LogP contribution in [-0.2, 0) is 10.3 Å². The summed E-state index contributed by atoms with van der Waals surface area (Å²) < 4.78 is 54.3. The highest BCUT2D eigenvalue weighted by molar-refractivity contribution is 6.23. The molecule has 3 rings (SSSR count). The molecule has 24 heavy (non-hydrogen) atoms. The van der Waals surface area contributed by atoms with Gasteiger partial charge in [0, 0.05) is 6.20 Å². The molecule has 0 aliphatic carbocycles. The number of urea groups is 1. The molecular formula is C15H9F4N3O2. The van der Waals surface area contributed by atoms with Gasteiger partial charge in [0.05, 0.1) is 0 Å². The summed E-state index contributed by atoms with van der Waals surface area (Å²) in [5, 5.41) is 1.69. The number of halogens is 4. The van der Waals surface area contributed by atoms with Gasteiger partial charge in [0.2, 0.25) is 5.54 Å². The van der Waals surface area contributed by atoms with E-state index < -0.39 is 35.0 Å². The fourth-order valence-corrected chi connectivity index (χ4v) is 2.48. The molecule has 0 spiro atoms. The maximum atomic E-state index is 13.7. The number of amides is 3. The number of pyridine rings is 1. The van der Waals surface area contributed by atoms with Crippen molar-refractivity contribution >= 4 is 17.8 Å². The molecule has 1 saturated heterocycles. The second-order valence-corrected chi connectivity index (χ2v) is 5.01. The van der Waals surface area contributed by atoms with Crippen LogP contribution in [0.15, 0.2) is 48.7 Å². The number of benzene rings is 1. The Bertz CT molecular complexity index is 793. The maximum absolute atomic E-state index is 13.7. The monoisotopic (exact) mass is 339 g/mol. The Morgan fingerprint density at radius 1 is 1.04 bits per heavy atom. The number of hydrogen-bond acceptors (Lipinski definition) is 3. The molecule has 5 nitrogen and oxygen atoms in total. The number of nitrogens with one attached hydrogen (secondary N) is 1. The predicted molar refractivity (Wildman–Crippen MR) is 74.4 cm³/mol. The van der Waals surface area contributed by atoms with E-state index in [2.05, 4.69) is 4.98 Å². The van der Waals surface area contributed by atoms with Gasteiger partial charge < -0.3 is 5.32 Å². The Morgan fingerprint density at radius 3 is 2.25 bits per heavy atom. The summed E-state index contributed by atoms with van der Waals surface area (Å²) in [4.78, 5) is 28.7. The number of carbonyl (C=O) groups is 2. The number of nitrogens with zero attached hydrogens (tertiary/aromatic N) is 2. The van der Waals surface area contributed by atoms with Crippen LogP contribution in [0, 0.1) is 5.82 Å². The summed E-state index contributed by atoms with van der Waals surface area (Å²) in [5.74, 6) is -2.56. The van der Waals surface area contributed by atoms with Gasteiger partial charge in [-0.3, -0.25) is 4.79 Å². The average Bonchev–Trinajstić information content (AvgIpc) is 2.80. The third-order valence-corrected chi connectivity index (χ3v) is 3.60. The van der Waals surface area contributed by atoms with Gasteiger partial charge >= 0.3 is 12.2 Å². The first kappa shape index (κ1) is 15.9. The van der Waals surface area contributed by atoms with E-state index in [4.69, 9.17) is 0 Å². The summed E-state index contributed by atoms with van der Waals surface area (Å²) in [6.45, 7) is 0. The normalized spacial score (nSPS) is 21.1. The Morgan fingerprint density at radius 2 is 1.71 bits per heavy atom. The van der Waals surface area contributed by atoms with Gasteiger partial charge in [0.25, 0.3) is 5.91 Å². The number of imide groups is 1. The van der Waals surface area contributed by atoms with E-state index in [0.717, 1.165) is 24.3 Å². The fraction of sp³-hybridized carbons (Fsp3) is 0.133. The van der Waals surface area contributed by atoms with Crippen LogP contribution in [-0.4, -0.2) is 23.1 Å². The average molecular weight is 339 g/mol. The molecule has 0 bridgehead atoms. The summed E-state index contributed by atoms with van der Waals surface area (Å²) in [5.41, 5.74) is -3.89. The molecule has 1 N–H and O–H groups in total. The molecule has 9 heteroatoms. The van der Waals surface area contributed by atoms with Crippen molar-refractivity contribution < 1.29 is 27.2 Å². The highest BCUT2D eigenvalue weighted by Crippen LogP contribution is 2.44. The third-order valence-electron chi connectivity index (χ3n) is 3.60. The van der Waals surface area contributed by atoms with Crippen molar-refractivity contribution in [1.29, 1.82) is 0 Å². The minimum Gasteiger partial charge on any atom is -0.311 e. The van der Waals surface area contributed by atoms with Gasteiger partial charge in [0.1, 0.15) is 11.6 Å². The molecule has 0 unspecified atom stereocenters. The van der Waals surface area contributed by atoms with Crippen molar-refractivity contribution in [3.8, 4) is 0 Å². The number of alkyl halides is 3. The van der Waals surface area contributed by atoms with Crippen LogP contribution in [0.25, 0.3) is 0 Å². The fourth-order valence-electron chi connectivity index (χ4n) is 2.48. The van der Waals surface area contributed by atoms with Crippen molar-refractivity contribution in [2.75, 3.05) is 4.90 Å². The molecule has 0 radical (unpaired) electrons. The number of anilines is 1. The highest BCUT2D eigenvalue weighted by atomic mass is 19.4. The molecule has 2 aromatic rings. The summed E-state index contributed by atoms with van der Waals surface area (Å²) in [6.07, 6.45) is -3.90. The van der Waals surface area contributed by atoms with Crippen molar-refractivity contribution in [2.24, 2.45) is 0 Å². The van der Waals surface area contributed by atoms with Gasteiger partial charge in [0.15, 0.2) is 0 Å². The van der Waals surface area contributed by atoms with Crippen molar-refractivity contribution in [3.05, 3.63) is 60.0 Å². The van der Waals surface area contributed by atoms with E-state index >= 15 is 0 Å². The van der Waals surface area contributed by atoms with E-state index in [1.807, 2.05) is 0 Å². The molecule has 1 aliphatic rings. The van der Waals surface area contributed by atoms with Crippen LogP contribution in [0.5, 0.6) is 0 Å². The zero-order valence-electron chi connectivity index (χ0n) is 11.8. The van der Waals surface area contributed by atoms with Crippen LogP contribution < -0.4 is 10.2 Å². The minimum absolute atomic E-state index is 0.242. The van der Waals surface area contributed by atoms with Gasteiger partial charge in [-0.25, -0.2) is 19.1 Å². The van der Waals surface area contributed by atoms with Crippen molar-refractivity contribution in [1.82, 2.24) is 10.3 Å². The predicted octanol–water partition coefficient (Wildman–Crippen LogP) is 2.73. The minimum atomic E-state index is -5.14. The van der Waals surface area contributed by atoms with Crippen molar-refractivity contribution in [3.63, 3.8) is 0 Å². The standard InChI is InChI=1S/C15H9F4N3O2/c16-10-6-4-9(5-7-10)14(15(17,18)19)12(23)22(13(24)21-14)11-3-1-2-8-20-11/h1-8H,(H,21,24)/t14-/m1/s1. The first-order valence-corrected chi connectivity index (χ1v) is 6.68. The van der Waals surface area contributed by atoms with E-state index in [1.54, 1.807) is 5.32 Å². The number of carbonyl (C=O) groups excluding carboxylic acids is 2. The zero-order valence-corrected chi connectivity index (χ0v) is 11.8. The van der Waals surface area contributed by atoms with Gasteiger partial charge in [-0.2, -0.15) is 13.2 Å². The Labute approximate surface area is 132 Å². The summed E-state index contributed by atoms with van der Waals surface area (Å²) >= 11 is 0. The SMILES string of the molecule is O=C1N[C@@](c2ccc(F)cc2)(C(F)(F)F)C(=O)N1c1ccccn1. The Balaban J connectivity index is 2.16. The van der Waals surface area contributed by atoms with Crippen molar-refractivity contribution in [2.45, 2.75) is 11.7 Å². The molecule has 1 aliphatic heterocycles. The summed E-state index contributed by atoms with van der Waals surface area (Å²) in [6, 6.07) is 6.06. The first-order chi connectivity index (χ1) is 11.3. The van der Waals surface area contributed by atoms with E-state index in [-0.39, 0.29) is 5.82 Å². The lowest BCUT2D eigenvalue weighted by Crippen LogP contribution is -2.55. The maximum Gasteiger partial charge on any atom is 0.425 e. The largest absolute Gasteiger partial charge is 0.425 e. The lowest BCUT2D eigenvalue weighted by atomic mass is 9.89. The highest BCUT2D eigenvalue weighted by Gasteiger charge is 2.69. The van der Waals surface area contributed by atoms with Crippen LogP contribution in [0.3, 0.4) is 0 Å². The smallest absolute Gasteiger partial charge is 0.311 e. The summed E-state index contributed by atoms with van der Waals surface area (Å²) in [7, 11) is 0. The molecule has 2 heterocycles. The van der Waals surface area contributed by atoms with Crippen LogP contribution in [0.4, 0.5) is 28.2 Å². The van der Waals surface area contributed by atoms with Gasteiger partial charge in [-0.15, -0.1) is 0 Å². The zero-order chi connectivity index (χ0) is 17.5. The lowest BCUT2D eigenvalue weighted by Gasteiger charge is -2.29. The van der Waals surface area contributed by atoms with Gasteiger partial charge in [-0.05, 0) is 29.8 Å². The Hall–Kier alpha value is -2.97. The topological polar surface area (TPSA) is 62.3 Å². The first-order valence-electron chi connectivity index (χ1n) is 6.68. The molecular weight excluding hydrogens is 330 g/mol. The second-order valence-electron chi connectivity index (χ2n) is 5.01. The molecule has 0 saturated carbocycles. The van der Waals surface area contributed by atoms with E-state index in [0.29, 0.717) is 4.90 Å². The second kappa shape index (κ2) is 5.29. The van der Waals surface area contributed by atoms with Crippen LogP contribution >= 0.6 is 0 Å². The van der Waals surface area contributed by atoms with Crippen LogP contribution in [0.1, 0.15) is 5.56 Å². The molecule has 1 atom stereocenters. The molecule has 1 aromatic carbocycles. The van der Waals surface area contributed by atoms with Gasteiger partial charge in [-0.1, -0.05) is 18.2 Å². The number of rotatable bonds is 2. The number of aromatic nitrogens is 1. The quantitative estimate of drug-likeness (QED) is 0.676. The molecule has 124 valence electrons. The molecule has 3 amide bonds. The lowest BCUT2D eigenvalue weighted by molar-refractivity contribution is -0.195.